The summed E-state index contributed by atoms with van der Waals surface area (Å²) < 4.78 is 42.5. The number of fused-ring (bicyclic) bond motifs is 1. The van der Waals surface area contributed by atoms with Gasteiger partial charge >= 0.3 is 0 Å². The van der Waals surface area contributed by atoms with Crippen LogP contribution in [0.4, 0.5) is 5.82 Å². The van der Waals surface area contributed by atoms with Crippen molar-refractivity contribution >= 4 is 15.8 Å². The summed E-state index contributed by atoms with van der Waals surface area (Å²) in [6.07, 6.45) is 1.51. The molecule has 0 aliphatic carbocycles. The summed E-state index contributed by atoms with van der Waals surface area (Å²) in [5.41, 5.74) is 1.03. The second-order valence-electron chi connectivity index (χ2n) is 6.00. The van der Waals surface area contributed by atoms with E-state index < -0.39 is 10.0 Å². The van der Waals surface area contributed by atoms with Crippen LogP contribution in [-0.4, -0.2) is 45.8 Å². The Morgan fingerprint density at radius 1 is 1.08 bits per heavy atom. The van der Waals surface area contributed by atoms with E-state index in [-0.39, 0.29) is 11.7 Å². The molecule has 0 radical (unpaired) electrons. The van der Waals surface area contributed by atoms with Gasteiger partial charge < -0.3 is 14.2 Å². The number of H-pyrrole nitrogens is 1. The van der Waals surface area contributed by atoms with Gasteiger partial charge in [-0.2, -0.15) is 4.31 Å². The zero-order valence-corrected chi connectivity index (χ0v) is 14.9. The van der Waals surface area contributed by atoms with Crippen molar-refractivity contribution in [2.45, 2.75) is 11.4 Å². The van der Waals surface area contributed by atoms with Crippen LogP contribution in [0.3, 0.4) is 0 Å². The third kappa shape index (κ3) is 3.46. The number of hydrogen-bond donors (Lipinski definition) is 1. The van der Waals surface area contributed by atoms with Crippen LogP contribution >= 0.6 is 0 Å². The minimum Gasteiger partial charge on any atom is -0.454 e. The van der Waals surface area contributed by atoms with Crippen molar-refractivity contribution in [3.8, 4) is 11.5 Å². The number of ether oxygens (including phenoxy) is 3. The second kappa shape index (κ2) is 7.10. The maximum atomic E-state index is 12.6. The summed E-state index contributed by atoms with van der Waals surface area (Å²) in [7, 11) is -3.49. The molecular formula is C17H20N3O5S+. The molecule has 3 heterocycles. The lowest BCUT2D eigenvalue weighted by atomic mass is 10.2. The molecule has 4 rings (SSSR count). The fraction of sp³-hybridized carbons (Fsp3) is 0.353. The maximum Gasteiger partial charge on any atom is 0.272 e. The molecule has 0 bridgehead atoms. The monoisotopic (exact) mass is 378 g/mol. The molecule has 9 heteroatoms. The van der Waals surface area contributed by atoms with Crippen LogP contribution in [0, 0.1) is 0 Å². The topological polar surface area (TPSA) is 91.2 Å². The van der Waals surface area contributed by atoms with E-state index in [0.717, 1.165) is 22.9 Å². The highest BCUT2D eigenvalue weighted by molar-refractivity contribution is 7.89. The Morgan fingerprint density at radius 3 is 2.65 bits per heavy atom. The molecule has 2 aliphatic heterocycles. The van der Waals surface area contributed by atoms with E-state index in [0.29, 0.717) is 32.8 Å². The summed E-state index contributed by atoms with van der Waals surface area (Å²) in [5.74, 6) is 2.21. The van der Waals surface area contributed by atoms with Crippen molar-refractivity contribution in [1.29, 1.82) is 0 Å². The number of aromatic amines is 1. The first-order valence-corrected chi connectivity index (χ1v) is 9.79. The smallest absolute Gasteiger partial charge is 0.272 e. The van der Waals surface area contributed by atoms with Gasteiger partial charge in [-0.3, -0.25) is 5.32 Å². The van der Waals surface area contributed by atoms with Crippen LogP contribution in [-0.2, 0) is 21.3 Å². The lowest BCUT2D eigenvalue weighted by Gasteiger charge is -2.25. The number of sulfonamides is 1. The number of aromatic nitrogens is 1. The van der Waals surface area contributed by atoms with E-state index in [4.69, 9.17) is 14.2 Å². The highest BCUT2D eigenvalue weighted by Crippen LogP contribution is 2.32. The van der Waals surface area contributed by atoms with E-state index >= 15 is 0 Å². The van der Waals surface area contributed by atoms with E-state index in [9.17, 15) is 8.42 Å². The highest BCUT2D eigenvalue weighted by Gasteiger charge is 2.27. The molecule has 1 aromatic heterocycles. The Balaban J connectivity index is 1.41. The predicted octanol–water partition coefficient (Wildman–Crippen LogP) is 0.862. The SMILES string of the molecule is O=S(=O)(c1ccc(NCc2ccc3c(c2)OCO3)[nH+]c1)N1CCOCC1. The zero-order valence-electron chi connectivity index (χ0n) is 14.1. The van der Waals surface area contributed by atoms with Crippen LogP contribution in [0.5, 0.6) is 11.5 Å². The molecule has 8 nitrogen and oxygen atoms in total. The van der Waals surface area contributed by atoms with E-state index in [1.165, 1.54) is 10.5 Å². The molecule has 1 aromatic carbocycles. The lowest BCUT2D eigenvalue weighted by molar-refractivity contribution is -0.364. The quantitative estimate of drug-likeness (QED) is 0.830. The Kier molecular flexibility index (Phi) is 4.66. The van der Waals surface area contributed by atoms with Crippen molar-refractivity contribution < 1.29 is 27.6 Å². The van der Waals surface area contributed by atoms with Crippen LogP contribution in [0.2, 0.25) is 0 Å². The Bertz CT molecular complexity index is 880. The molecular weight excluding hydrogens is 358 g/mol. The number of nitrogens with zero attached hydrogens (tertiary/aromatic N) is 1. The van der Waals surface area contributed by atoms with Crippen LogP contribution in [0.15, 0.2) is 41.4 Å². The van der Waals surface area contributed by atoms with Gasteiger partial charge in [0.1, 0.15) is 17.6 Å². The molecule has 2 N–H and O–H groups in total. The molecule has 0 spiro atoms. The normalized spacial score (nSPS) is 17.2. The number of pyridine rings is 1. The first-order valence-electron chi connectivity index (χ1n) is 8.35. The summed E-state index contributed by atoms with van der Waals surface area (Å²) in [6, 6.07) is 9.08. The molecule has 1 saturated heterocycles. The Labute approximate surface area is 151 Å². The Hall–Kier alpha value is -2.36. The van der Waals surface area contributed by atoms with Crippen LogP contribution in [0.25, 0.3) is 0 Å². The number of rotatable bonds is 5. The fourth-order valence-electron chi connectivity index (χ4n) is 2.87. The number of morpholine rings is 1. The molecule has 2 aliphatic rings. The zero-order chi connectivity index (χ0) is 18.0. The van der Waals surface area contributed by atoms with Crippen LogP contribution < -0.4 is 19.8 Å². The van der Waals surface area contributed by atoms with Gasteiger partial charge in [-0.15, -0.1) is 0 Å². The lowest BCUT2D eigenvalue weighted by Crippen LogP contribution is -2.40. The third-order valence-electron chi connectivity index (χ3n) is 4.31. The molecule has 26 heavy (non-hydrogen) atoms. The standard InChI is InChI=1S/C17H19N3O5S/c21-26(22,20-5-7-23-8-6-20)14-2-4-17(19-11-14)18-10-13-1-3-15-16(9-13)25-12-24-15/h1-4,9,11H,5-8,10,12H2,(H,18,19)/p+1. The van der Waals surface area contributed by atoms with Crippen molar-refractivity contribution in [3.63, 3.8) is 0 Å². The Morgan fingerprint density at radius 2 is 1.88 bits per heavy atom. The summed E-state index contributed by atoms with van der Waals surface area (Å²) in [6.45, 7) is 2.44. The number of hydrogen-bond acceptors (Lipinski definition) is 6. The average Bonchev–Trinajstić information content (AvgIpc) is 3.15. The second-order valence-corrected chi connectivity index (χ2v) is 7.93. The molecule has 0 saturated carbocycles. The van der Waals surface area contributed by atoms with Gasteiger partial charge in [0.2, 0.25) is 16.8 Å². The summed E-state index contributed by atoms with van der Waals surface area (Å²) >= 11 is 0. The van der Waals surface area contributed by atoms with E-state index in [1.807, 2.05) is 18.2 Å². The number of benzene rings is 1. The maximum absolute atomic E-state index is 12.6. The van der Waals surface area contributed by atoms with Gasteiger partial charge in [0, 0.05) is 19.2 Å². The van der Waals surface area contributed by atoms with Gasteiger partial charge in [0.15, 0.2) is 11.5 Å². The average molecular weight is 378 g/mol. The molecule has 0 unspecified atom stereocenters. The van der Waals surface area contributed by atoms with Crippen molar-refractivity contribution in [2.75, 3.05) is 38.4 Å². The fourth-order valence-corrected chi connectivity index (χ4v) is 4.24. The van der Waals surface area contributed by atoms with E-state index in [2.05, 4.69) is 10.3 Å². The predicted molar refractivity (Wildman–Crippen MR) is 92.5 cm³/mol. The molecule has 0 atom stereocenters. The van der Waals surface area contributed by atoms with Crippen LogP contribution in [0.1, 0.15) is 5.56 Å². The summed E-state index contributed by atoms with van der Waals surface area (Å²) in [5, 5.41) is 3.23. The van der Waals surface area contributed by atoms with Crippen molar-refractivity contribution in [3.05, 3.63) is 42.1 Å². The molecule has 2 aromatic rings. The van der Waals surface area contributed by atoms with Gasteiger partial charge in [-0.25, -0.2) is 13.4 Å². The van der Waals surface area contributed by atoms with E-state index in [1.54, 1.807) is 12.1 Å². The van der Waals surface area contributed by atoms with Gasteiger partial charge in [0.25, 0.3) is 5.82 Å². The van der Waals surface area contributed by atoms with Gasteiger partial charge in [0.05, 0.1) is 13.2 Å². The van der Waals surface area contributed by atoms with Gasteiger partial charge in [-0.1, -0.05) is 6.07 Å². The molecule has 138 valence electrons. The van der Waals surface area contributed by atoms with Crippen molar-refractivity contribution in [2.24, 2.45) is 0 Å². The molecule has 0 amide bonds. The third-order valence-corrected chi connectivity index (χ3v) is 6.21. The highest BCUT2D eigenvalue weighted by atomic mass is 32.2. The first kappa shape index (κ1) is 17.1. The summed E-state index contributed by atoms with van der Waals surface area (Å²) in [4.78, 5) is 3.24. The number of anilines is 1. The molecule has 1 fully saturated rings. The number of nitrogens with one attached hydrogen (secondary N) is 2. The first-order chi connectivity index (χ1) is 12.6. The largest absolute Gasteiger partial charge is 0.454 e. The van der Waals surface area contributed by atoms with Gasteiger partial charge in [-0.05, 0) is 23.8 Å². The minimum atomic E-state index is -3.49. The van der Waals surface area contributed by atoms with Crippen molar-refractivity contribution in [1.82, 2.24) is 4.31 Å². The minimum absolute atomic E-state index is 0.244.